The van der Waals surface area contributed by atoms with E-state index in [1.807, 2.05) is 0 Å². The Morgan fingerprint density at radius 2 is 2.06 bits per heavy atom. The highest BCUT2D eigenvalue weighted by Crippen LogP contribution is 2.19. The van der Waals surface area contributed by atoms with Crippen molar-refractivity contribution in [1.82, 2.24) is 4.98 Å². The molecule has 0 saturated heterocycles. The molecule has 100 valence electrons. The lowest BCUT2D eigenvalue weighted by Crippen LogP contribution is -2.13. The first-order valence-corrected chi connectivity index (χ1v) is 6.24. The average molecular weight is 251 g/mol. The maximum Gasteiger partial charge on any atom is 0.358 e. The molecule has 0 aliphatic heterocycles. The predicted molar refractivity (Wildman–Crippen MR) is 70.0 cm³/mol. The number of aromatic carboxylic acids is 1. The van der Waals surface area contributed by atoms with E-state index in [0.717, 1.165) is 6.42 Å². The summed E-state index contributed by atoms with van der Waals surface area (Å²) in [6.45, 7) is 8.70. The number of hydrogen-bond acceptors (Lipinski definition) is 3. The normalized spacial score (nSPS) is 12.5. The topological polar surface area (TPSA) is 59.4 Å². The van der Waals surface area contributed by atoms with E-state index in [-0.39, 0.29) is 5.69 Å². The van der Waals surface area contributed by atoms with Gasteiger partial charge in [0.15, 0.2) is 11.4 Å². The largest absolute Gasteiger partial charge is 0.491 e. The first-order chi connectivity index (χ1) is 8.40. The van der Waals surface area contributed by atoms with Crippen LogP contribution in [0.5, 0.6) is 5.75 Å². The number of carbonyl (C=O) groups is 1. The molecule has 1 aromatic heterocycles. The number of aryl methyl sites for hydroxylation is 1. The number of pyridine rings is 1. The van der Waals surface area contributed by atoms with Gasteiger partial charge in [0.05, 0.1) is 6.61 Å². The zero-order valence-corrected chi connectivity index (χ0v) is 11.4. The van der Waals surface area contributed by atoms with Crippen LogP contribution in [0.15, 0.2) is 12.1 Å². The molecule has 18 heavy (non-hydrogen) atoms. The Bertz CT molecular complexity index is 416. The van der Waals surface area contributed by atoms with Crippen LogP contribution in [0, 0.1) is 18.8 Å². The van der Waals surface area contributed by atoms with Crippen molar-refractivity contribution in [2.24, 2.45) is 11.8 Å². The van der Waals surface area contributed by atoms with Gasteiger partial charge in [0.1, 0.15) is 0 Å². The molecule has 0 aliphatic rings. The van der Waals surface area contributed by atoms with Crippen molar-refractivity contribution in [2.45, 2.75) is 34.1 Å². The summed E-state index contributed by atoms with van der Waals surface area (Å²) in [5.41, 5.74) is 0.668. The van der Waals surface area contributed by atoms with Gasteiger partial charge in [-0.1, -0.05) is 20.8 Å². The summed E-state index contributed by atoms with van der Waals surface area (Å²) in [5.74, 6) is 0.306. The highest BCUT2D eigenvalue weighted by atomic mass is 16.5. The molecule has 1 unspecified atom stereocenters. The van der Waals surface area contributed by atoms with Gasteiger partial charge in [-0.2, -0.15) is 0 Å². The van der Waals surface area contributed by atoms with E-state index >= 15 is 0 Å². The summed E-state index contributed by atoms with van der Waals surface area (Å²) in [7, 11) is 0. The van der Waals surface area contributed by atoms with Crippen LogP contribution < -0.4 is 4.74 Å². The summed E-state index contributed by atoms with van der Waals surface area (Å²) in [6, 6.07) is 3.43. The summed E-state index contributed by atoms with van der Waals surface area (Å²) < 4.78 is 5.57. The lowest BCUT2D eigenvalue weighted by Gasteiger charge is -2.15. The summed E-state index contributed by atoms with van der Waals surface area (Å²) in [5, 5.41) is 9.06. The third kappa shape index (κ3) is 4.35. The van der Waals surface area contributed by atoms with Gasteiger partial charge < -0.3 is 9.84 Å². The lowest BCUT2D eigenvalue weighted by atomic mass is 10.00. The first kappa shape index (κ1) is 14.5. The summed E-state index contributed by atoms with van der Waals surface area (Å²) >= 11 is 0. The van der Waals surface area contributed by atoms with E-state index < -0.39 is 5.97 Å². The Labute approximate surface area is 108 Å². The second-order valence-corrected chi connectivity index (χ2v) is 5.15. The second-order valence-electron chi connectivity index (χ2n) is 5.15. The zero-order chi connectivity index (χ0) is 13.7. The molecular weight excluding hydrogens is 230 g/mol. The molecule has 0 radical (unpaired) electrons. The Morgan fingerprint density at radius 1 is 1.39 bits per heavy atom. The number of carboxylic acid groups (broad SMARTS) is 1. The summed E-state index contributed by atoms with van der Waals surface area (Å²) in [6.07, 6.45) is 1.06. The highest BCUT2D eigenvalue weighted by Gasteiger charge is 2.14. The molecule has 0 bridgehead atoms. The lowest BCUT2D eigenvalue weighted by molar-refractivity contribution is 0.0683. The Kier molecular flexibility index (Phi) is 5.13. The molecule has 0 fully saturated rings. The standard InChI is InChI=1S/C14H21NO3/c1-9(2)7-10(3)8-18-12-6-5-11(4)15-13(12)14(16)17/h5-6,9-10H,7-8H2,1-4H3,(H,16,17). The van der Waals surface area contributed by atoms with Gasteiger partial charge in [0.25, 0.3) is 0 Å². The fraction of sp³-hybridized carbons (Fsp3) is 0.571. The monoisotopic (exact) mass is 251 g/mol. The number of aromatic nitrogens is 1. The number of hydrogen-bond donors (Lipinski definition) is 1. The van der Waals surface area contributed by atoms with Gasteiger partial charge in [0, 0.05) is 5.69 Å². The van der Waals surface area contributed by atoms with Crippen LogP contribution in [0.2, 0.25) is 0 Å². The number of ether oxygens (including phenoxy) is 1. The molecule has 0 saturated carbocycles. The highest BCUT2D eigenvalue weighted by molar-refractivity contribution is 5.88. The van der Waals surface area contributed by atoms with E-state index in [0.29, 0.717) is 29.9 Å². The van der Waals surface area contributed by atoms with Gasteiger partial charge in [-0.25, -0.2) is 9.78 Å². The van der Waals surface area contributed by atoms with E-state index in [2.05, 4.69) is 25.8 Å². The van der Waals surface area contributed by atoms with Gasteiger partial charge in [0.2, 0.25) is 0 Å². The maximum absolute atomic E-state index is 11.1. The average Bonchev–Trinajstić information content (AvgIpc) is 2.26. The van der Waals surface area contributed by atoms with Crippen LogP contribution in [0.4, 0.5) is 0 Å². The van der Waals surface area contributed by atoms with Crippen LogP contribution in [-0.2, 0) is 0 Å². The third-order valence-electron chi connectivity index (χ3n) is 2.60. The van der Waals surface area contributed by atoms with E-state index in [4.69, 9.17) is 9.84 Å². The minimum absolute atomic E-state index is 0.00764. The van der Waals surface area contributed by atoms with E-state index in [1.54, 1.807) is 19.1 Å². The van der Waals surface area contributed by atoms with Gasteiger partial charge >= 0.3 is 5.97 Å². The molecule has 1 atom stereocenters. The van der Waals surface area contributed by atoms with E-state index in [9.17, 15) is 4.79 Å². The van der Waals surface area contributed by atoms with Crippen LogP contribution in [0.3, 0.4) is 0 Å². The molecule has 0 spiro atoms. The SMILES string of the molecule is Cc1ccc(OCC(C)CC(C)C)c(C(=O)O)n1. The van der Waals surface area contributed by atoms with Crippen LogP contribution in [-0.4, -0.2) is 22.7 Å². The molecular formula is C14H21NO3. The smallest absolute Gasteiger partial charge is 0.358 e. The number of nitrogens with zero attached hydrogens (tertiary/aromatic N) is 1. The number of rotatable bonds is 6. The molecule has 4 heteroatoms. The van der Waals surface area contributed by atoms with Crippen molar-refractivity contribution in [3.8, 4) is 5.75 Å². The van der Waals surface area contributed by atoms with Crippen molar-refractivity contribution < 1.29 is 14.6 Å². The van der Waals surface area contributed by atoms with Gasteiger partial charge in [-0.05, 0) is 37.3 Å². The van der Waals surface area contributed by atoms with Crippen LogP contribution in [0.1, 0.15) is 43.4 Å². The Balaban J connectivity index is 2.70. The molecule has 1 rings (SSSR count). The minimum Gasteiger partial charge on any atom is -0.491 e. The number of carboxylic acids is 1. The van der Waals surface area contributed by atoms with Crippen molar-refractivity contribution >= 4 is 5.97 Å². The van der Waals surface area contributed by atoms with Gasteiger partial charge in [-0.15, -0.1) is 0 Å². The van der Waals surface area contributed by atoms with Crippen molar-refractivity contribution in [3.63, 3.8) is 0 Å². The third-order valence-corrected chi connectivity index (χ3v) is 2.60. The molecule has 1 N–H and O–H groups in total. The Morgan fingerprint density at radius 3 is 2.61 bits per heavy atom. The van der Waals surface area contributed by atoms with Crippen LogP contribution >= 0.6 is 0 Å². The minimum atomic E-state index is -1.05. The zero-order valence-electron chi connectivity index (χ0n) is 11.4. The quantitative estimate of drug-likeness (QED) is 0.843. The van der Waals surface area contributed by atoms with Crippen molar-refractivity contribution in [2.75, 3.05) is 6.61 Å². The van der Waals surface area contributed by atoms with E-state index in [1.165, 1.54) is 0 Å². The van der Waals surface area contributed by atoms with Gasteiger partial charge in [-0.3, -0.25) is 0 Å². The predicted octanol–water partition coefficient (Wildman–Crippen LogP) is 3.15. The summed E-state index contributed by atoms with van der Waals surface area (Å²) in [4.78, 5) is 15.0. The Hall–Kier alpha value is -1.58. The fourth-order valence-electron chi connectivity index (χ4n) is 1.92. The van der Waals surface area contributed by atoms with Crippen LogP contribution in [0.25, 0.3) is 0 Å². The fourth-order valence-corrected chi connectivity index (χ4v) is 1.92. The molecule has 4 nitrogen and oxygen atoms in total. The maximum atomic E-state index is 11.1. The van der Waals surface area contributed by atoms with Crippen molar-refractivity contribution in [3.05, 3.63) is 23.5 Å². The molecule has 0 aromatic carbocycles. The molecule has 1 heterocycles. The molecule has 0 aliphatic carbocycles. The first-order valence-electron chi connectivity index (χ1n) is 6.24. The second kappa shape index (κ2) is 6.38. The molecule has 1 aromatic rings. The van der Waals surface area contributed by atoms with Crippen molar-refractivity contribution in [1.29, 1.82) is 0 Å². The molecule has 0 amide bonds.